The molecule has 1 atom stereocenters. The van der Waals surface area contributed by atoms with E-state index in [2.05, 4.69) is 20.3 Å². The van der Waals surface area contributed by atoms with Crippen molar-refractivity contribution in [1.82, 2.24) is 25.0 Å². The topological polar surface area (TPSA) is 79.6 Å². The Kier molecular flexibility index (Phi) is 2.28. The minimum absolute atomic E-state index is 0.431. The molecule has 0 aliphatic heterocycles. The highest BCUT2D eigenvalue weighted by atomic mass is 16.3. The van der Waals surface area contributed by atoms with Crippen molar-refractivity contribution in [3.8, 4) is 0 Å². The minimum atomic E-state index is -0.780. The molecule has 0 bridgehead atoms. The van der Waals surface area contributed by atoms with Crippen LogP contribution in [0.15, 0.2) is 18.7 Å². The van der Waals surface area contributed by atoms with Gasteiger partial charge in [-0.2, -0.15) is 10.2 Å². The molecular formula is C8H11N5O. The van der Waals surface area contributed by atoms with E-state index in [1.165, 1.54) is 6.33 Å². The van der Waals surface area contributed by atoms with Crippen molar-refractivity contribution in [2.24, 2.45) is 0 Å². The molecule has 0 amide bonds. The Labute approximate surface area is 80.6 Å². The van der Waals surface area contributed by atoms with Crippen LogP contribution in [-0.2, 0) is 6.54 Å². The molecule has 6 nitrogen and oxygen atoms in total. The molecule has 6 heteroatoms. The first-order valence-corrected chi connectivity index (χ1v) is 4.37. The highest BCUT2D eigenvalue weighted by Crippen LogP contribution is 2.16. The third-order valence-corrected chi connectivity index (χ3v) is 1.99. The van der Waals surface area contributed by atoms with Gasteiger partial charge in [-0.15, -0.1) is 0 Å². The molecule has 0 saturated heterocycles. The number of aromatic nitrogens is 5. The summed E-state index contributed by atoms with van der Waals surface area (Å²) in [6, 6.07) is 0. The van der Waals surface area contributed by atoms with Gasteiger partial charge in [-0.05, 0) is 6.92 Å². The molecule has 0 radical (unpaired) electrons. The summed E-state index contributed by atoms with van der Waals surface area (Å²) in [6.07, 6.45) is 3.99. The number of aromatic amines is 1. The van der Waals surface area contributed by atoms with Crippen LogP contribution in [0.25, 0.3) is 0 Å². The van der Waals surface area contributed by atoms with Gasteiger partial charge in [0.25, 0.3) is 0 Å². The van der Waals surface area contributed by atoms with Crippen LogP contribution >= 0.6 is 0 Å². The average Bonchev–Trinajstić information content (AvgIpc) is 2.88. The summed E-state index contributed by atoms with van der Waals surface area (Å²) in [6.45, 7) is 2.76. The first-order chi connectivity index (χ1) is 6.81. The number of hydrogen-bond acceptors (Lipinski definition) is 4. The van der Waals surface area contributed by atoms with E-state index >= 15 is 0 Å². The summed E-state index contributed by atoms with van der Waals surface area (Å²) >= 11 is 0. The molecule has 0 aliphatic rings. The smallest absolute Gasteiger partial charge is 0.157 e. The monoisotopic (exact) mass is 193 g/mol. The third-order valence-electron chi connectivity index (χ3n) is 1.99. The van der Waals surface area contributed by atoms with Crippen molar-refractivity contribution < 1.29 is 5.11 Å². The molecule has 2 aromatic heterocycles. The van der Waals surface area contributed by atoms with E-state index in [0.29, 0.717) is 11.4 Å². The van der Waals surface area contributed by atoms with Crippen molar-refractivity contribution >= 4 is 0 Å². The van der Waals surface area contributed by atoms with Crippen LogP contribution in [0.2, 0.25) is 0 Å². The van der Waals surface area contributed by atoms with Crippen molar-refractivity contribution in [3.05, 3.63) is 30.1 Å². The van der Waals surface area contributed by atoms with Gasteiger partial charge in [-0.3, -0.25) is 9.78 Å². The molecule has 2 N–H and O–H groups in total. The summed E-state index contributed by atoms with van der Waals surface area (Å²) in [5.74, 6) is 0.431. The number of nitrogens with one attached hydrogen (secondary N) is 1. The largest absolute Gasteiger partial charge is 0.380 e. The molecule has 0 fully saturated rings. The first kappa shape index (κ1) is 8.89. The fourth-order valence-electron chi connectivity index (χ4n) is 1.20. The van der Waals surface area contributed by atoms with E-state index in [1.807, 2.05) is 6.92 Å². The summed E-state index contributed by atoms with van der Waals surface area (Å²) in [5, 5.41) is 20.1. The van der Waals surface area contributed by atoms with E-state index in [-0.39, 0.29) is 0 Å². The van der Waals surface area contributed by atoms with Crippen molar-refractivity contribution in [2.45, 2.75) is 19.6 Å². The van der Waals surface area contributed by atoms with Gasteiger partial charge in [0.05, 0.1) is 6.20 Å². The van der Waals surface area contributed by atoms with Gasteiger partial charge in [0.1, 0.15) is 12.4 Å². The van der Waals surface area contributed by atoms with Crippen molar-refractivity contribution in [2.75, 3.05) is 0 Å². The first-order valence-electron chi connectivity index (χ1n) is 4.37. The Bertz CT molecular complexity index is 394. The minimum Gasteiger partial charge on any atom is -0.380 e. The third kappa shape index (κ3) is 1.51. The maximum absolute atomic E-state index is 9.80. The number of aryl methyl sites for hydroxylation is 1. The zero-order valence-corrected chi connectivity index (χ0v) is 7.75. The fourth-order valence-corrected chi connectivity index (χ4v) is 1.20. The van der Waals surface area contributed by atoms with Gasteiger partial charge in [-0.1, -0.05) is 0 Å². The van der Waals surface area contributed by atoms with E-state index < -0.39 is 6.10 Å². The van der Waals surface area contributed by atoms with Gasteiger partial charge in [0.15, 0.2) is 5.82 Å². The van der Waals surface area contributed by atoms with E-state index in [1.54, 1.807) is 17.1 Å². The molecule has 0 spiro atoms. The Hall–Kier alpha value is -1.69. The second kappa shape index (κ2) is 3.59. The maximum atomic E-state index is 9.80. The van der Waals surface area contributed by atoms with Gasteiger partial charge in [0.2, 0.25) is 0 Å². The SMILES string of the molecule is CCn1cc(C(O)c2ncn[nH]2)cn1. The number of hydrogen-bond donors (Lipinski definition) is 2. The van der Waals surface area contributed by atoms with Crippen LogP contribution < -0.4 is 0 Å². The second-order valence-electron chi connectivity index (χ2n) is 2.90. The molecule has 2 aromatic rings. The van der Waals surface area contributed by atoms with Crippen molar-refractivity contribution in [1.29, 1.82) is 0 Å². The highest BCUT2D eigenvalue weighted by molar-refractivity contribution is 5.15. The van der Waals surface area contributed by atoms with Gasteiger partial charge >= 0.3 is 0 Å². The van der Waals surface area contributed by atoms with E-state index in [4.69, 9.17) is 0 Å². The zero-order valence-electron chi connectivity index (χ0n) is 7.75. The number of H-pyrrole nitrogens is 1. The summed E-state index contributed by atoms with van der Waals surface area (Å²) in [4.78, 5) is 3.87. The van der Waals surface area contributed by atoms with Crippen LogP contribution in [-0.4, -0.2) is 30.1 Å². The van der Waals surface area contributed by atoms with E-state index in [0.717, 1.165) is 6.54 Å². The van der Waals surface area contributed by atoms with Crippen LogP contribution in [0.4, 0.5) is 0 Å². The predicted molar refractivity (Wildman–Crippen MR) is 48.3 cm³/mol. The predicted octanol–water partition coefficient (Wildman–Crippen LogP) is 0.103. The lowest BCUT2D eigenvalue weighted by Crippen LogP contribution is -2.01. The van der Waals surface area contributed by atoms with Crippen LogP contribution in [0.5, 0.6) is 0 Å². The lowest BCUT2D eigenvalue weighted by Gasteiger charge is -2.02. The number of rotatable bonds is 3. The molecule has 0 saturated carbocycles. The van der Waals surface area contributed by atoms with Gasteiger partial charge < -0.3 is 5.11 Å². The average molecular weight is 193 g/mol. The molecule has 2 rings (SSSR count). The zero-order chi connectivity index (χ0) is 9.97. The van der Waals surface area contributed by atoms with Crippen LogP contribution in [0, 0.1) is 0 Å². The van der Waals surface area contributed by atoms with Gasteiger partial charge in [-0.25, -0.2) is 4.98 Å². The molecule has 0 aliphatic carbocycles. The maximum Gasteiger partial charge on any atom is 0.157 e. The Morgan fingerprint density at radius 3 is 3.07 bits per heavy atom. The number of aliphatic hydroxyl groups excluding tert-OH is 1. The number of nitrogens with zero attached hydrogens (tertiary/aromatic N) is 4. The van der Waals surface area contributed by atoms with Gasteiger partial charge in [0, 0.05) is 18.3 Å². The molecular weight excluding hydrogens is 182 g/mol. The fraction of sp³-hybridized carbons (Fsp3) is 0.375. The lowest BCUT2D eigenvalue weighted by molar-refractivity contribution is 0.210. The van der Waals surface area contributed by atoms with Crippen molar-refractivity contribution in [3.63, 3.8) is 0 Å². The molecule has 2 heterocycles. The molecule has 14 heavy (non-hydrogen) atoms. The van der Waals surface area contributed by atoms with E-state index in [9.17, 15) is 5.11 Å². The molecule has 74 valence electrons. The summed E-state index contributed by atoms with van der Waals surface area (Å²) < 4.78 is 1.74. The molecule has 0 aromatic carbocycles. The standard InChI is InChI=1S/C8H11N5O/c1-2-13-4-6(3-11-13)7(14)8-9-5-10-12-8/h3-5,7,14H,2H2,1H3,(H,9,10,12). The normalized spacial score (nSPS) is 13.0. The molecule has 1 unspecified atom stereocenters. The summed E-state index contributed by atoms with van der Waals surface area (Å²) in [5.41, 5.74) is 0.712. The number of aliphatic hydroxyl groups is 1. The van der Waals surface area contributed by atoms with Crippen LogP contribution in [0.3, 0.4) is 0 Å². The summed E-state index contributed by atoms with van der Waals surface area (Å²) in [7, 11) is 0. The Morgan fingerprint density at radius 2 is 2.50 bits per heavy atom. The highest BCUT2D eigenvalue weighted by Gasteiger charge is 2.14. The quantitative estimate of drug-likeness (QED) is 0.724. The Morgan fingerprint density at radius 1 is 1.64 bits per heavy atom. The lowest BCUT2D eigenvalue weighted by atomic mass is 10.2. The Balaban J connectivity index is 2.23. The second-order valence-corrected chi connectivity index (χ2v) is 2.90. The van der Waals surface area contributed by atoms with Crippen LogP contribution in [0.1, 0.15) is 24.4 Å².